The molecule has 3 aromatic rings. The molecule has 2 aromatic carbocycles. The van der Waals surface area contributed by atoms with Gasteiger partial charge in [0.2, 0.25) is 0 Å². The topological polar surface area (TPSA) is 90.8 Å². The molecule has 40 heavy (non-hydrogen) atoms. The largest absolute Gasteiger partial charge is 0.447 e. The van der Waals surface area contributed by atoms with E-state index in [-0.39, 0.29) is 31.9 Å². The van der Waals surface area contributed by atoms with E-state index < -0.39 is 19.4 Å². The van der Waals surface area contributed by atoms with Crippen LogP contribution in [-0.2, 0) is 4.74 Å². The van der Waals surface area contributed by atoms with E-state index in [4.69, 9.17) is 9.84 Å². The second-order valence-electron chi connectivity index (χ2n) is 10.6. The third-order valence-electron chi connectivity index (χ3n) is 7.50. The fraction of sp³-hybridized carbons (Fsp3) is 0.533. The number of piperidine rings is 1. The van der Waals surface area contributed by atoms with Crippen molar-refractivity contribution in [1.29, 1.82) is 0 Å². The zero-order chi connectivity index (χ0) is 29.1. The molecule has 10 heteroatoms. The Labute approximate surface area is 236 Å². The summed E-state index contributed by atoms with van der Waals surface area (Å²) in [6.45, 7) is 7.44. The highest BCUT2D eigenvalue weighted by atomic mass is 19.1. The summed E-state index contributed by atoms with van der Waals surface area (Å²) in [4.78, 5) is 31.7. The lowest BCUT2D eigenvalue weighted by molar-refractivity contribution is 0.0621. The molecule has 0 radical (unpaired) electrons. The van der Waals surface area contributed by atoms with Crippen LogP contribution in [0.3, 0.4) is 0 Å². The number of aromatic nitrogens is 2. The van der Waals surface area contributed by atoms with Crippen molar-refractivity contribution >= 4 is 17.1 Å². The van der Waals surface area contributed by atoms with Crippen molar-refractivity contribution in [2.24, 2.45) is 0 Å². The lowest BCUT2D eigenvalue weighted by Crippen LogP contribution is -2.52. The van der Waals surface area contributed by atoms with Crippen molar-refractivity contribution in [3.8, 4) is 0 Å². The third-order valence-corrected chi connectivity index (χ3v) is 7.50. The van der Waals surface area contributed by atoms with Gasteiger partial charge >= 0.3 is 11.8 Å². The number of benzene rings is 2. The Bertz CT molecular complexity index is 1260. The van der Waals surface area contributed by atoms with Crippen molar-refractivity contribution in [2.45, 2.75) is 51.6 Å². The van der Waals surface area contributed by atoms with Gasteiger partial charge in [0.05, 0.1) is 17.6 Å². The van der Waals surface area contributed by atoms with Crippen LogP contribution in [0.1, 0.15) is 44.8 Å². The van der Waals surface area contributed by atoms with Gasteiger partial charge in [0.15, 0.2) is 0 Å². The molecule has 0 spiro atoms. The zero-order valence-electron chi connectivity index (χ0n) is 23.7. The summed E-state index contributed by atoms with van der Waals surface area (Å²) in [5.41, 5.74) is 4.16. The van der Waals surface area contributed by atoms with Gasteiger partial charge < -0.3 is 19.7 Å². The molecular weight excluding hydrogens is 518 g/mol. The Balaban J connectivity index is 0.000000414. The molecule has 0 aliphatic carbocycles. The van der Waals surface area contributed by atoms with Crippen LogP contribution in [-0.4, -0.2) is 88.8 Å². The SMILES string of the molecule is Cc1ccc2c(c1)[nH]c(=O)n2C1CCN(C2(C)CCN(C(=O)OCCF)C2)CC1.Cc1ccccc1.OCCF.[HH]. The van der Waals surface area contributed by atoms with Gasteiger partial charge in [-0.1, -0.05) is 42.0 Å². The molecule has 2 N–H and O–H groups in total. The number of carbonyl (C=O) groups excluding carboxylic acids is 1. The van der Waals surface area contributed by atoms with Crippen molar-refractivity contribution in [2.75, 3.05) is 52.7 Å². The van der Waals surface area contributed by atoms with E-state index in [1.807, 2.05) is 47.9 Å². The van der Waals surface area contributed by atoms with Gasteiger partial charge in [-0.2, -0.15) is 0 Å². The first kappa shape index (κ1) is 31.3. The summed E-state index contributed by atoms with van der Waals surface area (Å²) in [5.74, 6) is 0. The number of ether oxygens (including phenoxy) is 1. The van der Waals surface area contributed by atoms with Crippen molar-refractivity contribution in [3.05, 3.63) is 70.1 Å². The Morgan fingerprint density at radius 1 is 1.07 bits per heavy atom. The van der Waals surface area contributed by atoms with E-state index in [0.29, 0.717) is 13.1 Å². The standard InChI is InChI=1S/C21H29FN4O3.C7H8.C2H5FO.H2/c1-15-3-4-18-17(13-15)23-19(27)26(18)16-5-9-25(10-6-16)21(2)7-11-24(14-21)20(28)29-12-8-22;1-7-5-3-2-4-6-7;3-1-2-4;/h3-4,13,16H,5-12,14H2,1-2H3,(H,23,27);2-6H,1H3;4H,1-2H2;1H. The number of halogens is 2. The fourth-order valence-electron chi connectivity index (χ4n) is 5.38. The monoisotopic (exact) mass is 562 g/mol. The molecule has 1 aromatic heterocycles. The second-order valence-corrected chi connectivity index (χ2v) is 10.6. The van der Waals surface area contributed by atoms with E-state index in [0.717, 1.165) is 48.9 Å². The van der Waals surface area contributed by atoms with Gasteiger partial charge in [-0.05, 0) is 57.7 Å². The Morgan fingerprint density at radius 2 is 1.75 bits per heavy atom. The highest BCUT2D eigenvalue weighted by Gasteiger charge is 2.42. The molecule has 1 amide bonds. The third kappa shape index (κ3) is 8.14. The number of likely N-dealkylation sites (tertiary alicyclic amines) is 2. The molecule has 0 bridgehead atoms. The number of amides is 1. The lowest BCUT2D eigenvalue weighted by Gasteiger charge is -2.43. The number of hydrogen-bond acceptors (Lipinski definition) is 5. The average Bonchev–Trinajstić information content (AvgIpc) is 3.52. The summed E-state index contributed by atoms with van der Waals surface area (Å²) in [6.07, 6.45) is 2.22. The molecule has 2 fully saturated rings. The smallest absolute Gasteiger partial charge is 0.409 e. The number of aliphatic hydroxyl groups is 1. The minimum absolute atomic E-state index is 0. The summed E-state index contributed by atoms with van der Waals surface area (Å²) in [5, 5.41) is 7.50. The van der Waals surface area contributed by atoms with E-state index in [2.05, 4.69) is 35.9 Å². The van der Waals surface area contributed by atoms with Gasteiger partial charge in [-0.3, -0.25) is 9.47 Å². The number of rotatable bonds is 5. The fourth-order valence-corrected chi connectivity index (χ4v) is 5.38. The first-order valence-electron chi connectivity index (χ1n) is 13.8. The van der Waals surface area contributed by atoms with Gasteiger partial charge in [-0.15, -0.1) is 0 Å². The van der Waals surface area contributed by atoms with Crippen LogP contribution in [0.5, 0.6) is 0 Å². The summed E-state index contributed by atoms with van der Waals surface area (Å²) in [6, 6.07) is 16.5. The minimum atomic E-state index is -0.656. The quantitative estimate of drug-likeness (QED) is 0.455. The number of aryl methyl sites for hydroxylation is 2. The summed E-state index contributed by atoms with van der Waals surface area (Å²) < 4.78 is 29.6. The molecule has 1 unspecified atom stereocenters. The molecular formula is C30H44F2N4O4. The molecule has 2 saturated heterocycles. The highest BCUT2D eigenvalue weighted by Crippen LogP contribution is 2.34. The number of H-pyrrole nitrogens is 1. The lowest BCUT2D eigenvalue weighted by atomic mass is 9.93. The highest BCUT2D eigenvalue weighted by molar-refractivity contribution is 5.76. The van der Waals surface area contributed by atoms with Gasteiger partial charge in [-0.25, -0.2) is 18.4 Å². The van der Waals surface area contributed by atoms with Crippen molar-refractivity contribution < 1.29 is 24.8 Å². The van der Waals surface area contributed by atoms with Crippen LogP contribution in [0, 0.1) is 13.8 Å². The van der Waals surface area contributed by atoms with E-state index in [9.17, 15) is 18.4 Å². The minimum Gasteiger partial charge on any atom is -0.447 e. The molecule has 2 aliphatic rings. The van der Waals surface area contributed by atoms with E-state index >= 15 is 0 Å². The Kier molecular flexibility index (Phi) is 11.7. The normalized spacial score (nSPS) is 19.5. The van der Waals surface area contributed by atoms with Gasteiger partial charge in [0.1, 0.15) is 20.0 Å². The van der Waals surface area contributed by atoms with Crippen LogP contribution < -0.4 is 5.69 Å². The van der Waals surface area contributed by atoms with Crippen LogP contribution in [0.25, 0.3) is 11.0 Å². The number of aromatic amines is 1. The molecule has 2 aliphatic heterocycles. The number of imidazole rings is 1. The van der Waals surface area contributed by atoms with Crippen molar-refractivity contribution in [3.63, 3.8) is 0 Å². The number of nitrogens with zero attached hydrogens (tertiary/aromatic N) is 3. The molecule has 222 valence electrons. The number of nitrogens with one attached hydrogen (secondary N) is 1. The van der Waals surface area contributed by atoms with Crippen LogP contribution in [0.2, 0.25) is 0 Å². The molecule has 5 rings (SSSR count). The number of fused-ring (bicyclic) bond motifs is 1. The second kappa shape index (κ2) is 14.9. The van der Waals surface area contributed by atoms with Crippen LogP contribution in [0.15, 0.2) is 53.3 Å². The maximum absolute atomic E-state index is 12.6. The molecule has 0 saturated carbocycles. The van der Waals surface area contributed by atoms with E-state index in [1.165, 1.54) is 5.56 Å². The van der Waals surface area contributed by atoms with E-state index in [1.54, 1.807) is 4.90 Å². The first-order valence-corrected chi connectivity index (χ1v) is 13.8. The predicted octanol–water partition coefficient (Wildman–Crippen LogP) is 5.03. The molecule has 8 nitrogen and oxygen atoms in total. The maximum atomic E-state index is 12.6. The summed E-state index contributed by atoms with van der Waals surface area (Å²) in [7, 11) is 0. The Morgan fingerprint density at radius 3 is 2.33 bits per heavy atom. The predicted molar refractivity (Wildman–Crippen MR) is 155 cm³/mol. The van der Waals surface area contributed by atoms with Crippen LogP contribution >= 0.6 is 0 Å². The van der Waals surface area contributed by atoms with Crippen molar-refractivity contribution in [1.82, 2.24) is 19.4 Å². The average molecular weight is 563 g/mol. The molecule has 1 atom stereocenters. The number of aliphatic hydroxyl groups excluding tert-OH is 1. The summed E-state index contributed by atoms with van der Waals surface area (Å²) >= 11 is 0. The number of hydrogen-bond donors (Lipinski definition) is 2. The first-order chi connectivity index (χ1) is 19.2. The molecule has 3 heterocycles. The van der Waals surface area contributed by atoms with Gasteiger partial charge in [0.25, 0.3) is 0 Å². The zero-order valence-corrected chi connectivity index (χ0v) is 23.7. The Hall–Kier alpha value is -3.24. The number of carbonyl (C=O) groups is 1. The van der Waals surface area contributed by atoms with Crippen LogP contribution in [0.4, 0.5) is 13.6 Å². The number of alkyl halides is 2. The maximum Gasteiger partial charge on any atom is 0.409 e. The van der Waals surface area contributed by atoms with Gasteiger partial charge in [0, 0.05) is 39.2 Å².